The Kier molecular flexibility index (Phi) is 4.98. The van der Waals surface area contributed by atoms with Crippen molar-refractivity contribution in [2.45, 2.75) is 12.7 Å². The van der Waals surface area contributed by atoms with Crippen molar-refractivity contribution in [3.63, 3.8) is 0 Å². The second-order valence-electron chi connectivity index (χ2n) is 4.28. The van der Waals surface area contributed by atoms with Crippen molar-refractivity contribution in [3.8, 4) is 0 Å². The predicted molar refractivity (Wildman–Crippen MR) is 78.4 cm³/mol. The van der Waals surface area contributed by atoms with Crippen LogP contribution in [0.4, 0.5) is 18.9 Å². The molecule has 0 amide bonds. The Morgan fingerprint density at radius 3 is 2.29 bits per heavy atom. The van der Waals surface area contributed by atoms with Gasteiger partial charge in [0.25, 0.3) is 0 Å². The highest BCUT2D eigenvalue weighted by Gasteiger charge is 2.34. The summed E-state index contributed by atoms with van der Waals surface area (Å²) in [7, 11) is 0. The smallest absolute Gasteiger partial charge is 0.321 e. The van der Waals surface area contributed by atoms with E-state index in [0.717, 1.165) is 11.8 Å². The Labute approximate surface area is 129 Å². The molecule has 7 heteroatoms. The van der Waals surface area contributed by atoms with Gasteiger partial charge in [-0.3, -0.25) is 0 Å². The fourth-order valence-electron chi connectivity index (χ4n) is 1.72. The van der Waals surface area contributed by atoms with Crippen molar-refractivity contribution in [2.24, 2.45) is 0 Å². The van der Waals surface area contributed by atoms with Gasteiger partial charge in [-0.25, -0.2) is 5.43 Å². The number of hydrogen-bond acceptors (Lipinski definition) is 2. The minimum atomic E-state index is -4.54. The Morgan fingerprint density at radius 2 is 1.67 bits per heavy atom. The quantitative estimate of drug-likeness (QED) is 0.757. The zero-order valence-corrected chi connectivity index (χ0v) is 12.2. The molecule has 0 aliphatic heterocycles. The maximum Gasteiger partial charge on any atom is 0.417 e. The predicted octanol–water partition coefficient (Wildman–Crippen LogP) is 5.13. The van der Waals surface area contributed by atoms with Crippen LogP contribution in [0, 0.1) is 0 Å². The minimum Gasteiger partial charge on any atom is -0.321 e. The van der Waals surface area contributed by atoms with Gasteiger partial charge >= 0.3 is 6.18 Å². The third-order valence-corrected chi connectivity index (χ3v) is 3.49. The van der Waals surface area contributed by atoms with Crippen LogP contribution in [0.2, 0.25) is 10.0 Å². The second-order valence-corrected chi connectivity index (χ2v) is 5.07. The Morgan fingerprint density at radius 1 is 1.00 bits per heavy atom. The fourth-order valence-corrected chi connectivity index (χ4v) is 2.18. The average Bonchev–Trinajstić information content (AvgIpc) is 2.42. The molecular formula is C14H11Cl2F3N2. The summed E-state index contributed by atoms with van der Waals surface area (Å²) >= 11 is 11.3. The van der Waals surface area contributed by atoms with Gasteiger partial charge in [0.05, 0.1) is 15.6 Å². The van der Waals surface area contributed by atoms with Crippen molar-refractivity contribution in [1.82, 2.24) is 5.43 Å². The standard InChI is InChI=1S/C14H11Cl2F3N2/c15-12-7-9(6-11(13(12)16)14(17,18)19)8-20-21-10-4-2-1-3-5-10/h1-7,20-21H,8H2. The van der Waals surface area contributed by atoms with E-state index < -0.39 is 16.8 Å². The molecule has 2 aromatic rings. The second kappa shape index (κ2) is 6.56. The van der Waals surface area contributed by atoms with Gasteiger partial charge in [0.2, 0.25) is 0 Å². The maximum absolute atomic E-state index is 12.8. The molecule has 0 unspecified atom stereocenters. The highest BCUT2D eigenvalue weighted by atomic mass is 35.5. The van der Waals surface area contributed by atoms with Gasteiger partial charge in [0.1, 0.15) is 0 Å². The molecule has 0 radical (unpaired) electrons. The average molecular weight is 335 g/mol. The van der Waals surface area contributed by atoms with Crippen LogP contribution in [0.15, 0.2) is 42.5 Å². The van der Waals surface area contributed by atoms with E-state index in [2.05, 4.69) is 10.9 Å². The van der Waals surface area contributed by atoms with E-state index in [1.807, 2.05) is 30.3 Å². The zero-order chi connectivity index (χ0) is 15.5. The summed E-state index contributed by atoms with van der Waals surface area (Å²) in [6, 6.07) is 11.6. The van der Waals surface area contributed by atoms with Crippen LogP contribution >= 0.6 is 23.2 Å². The molecule has 0 atom stereocenters. The molecule has 0 fully saturated rings. The molecule has 0 bridgehead atoms. The van der Waals surface area contributed by atoms with Crippen LogP contribution < -0.4 is 10.9 Å². The number of hydrazine groups is 1. The van der Waals surface area contributed by atoms with Gasteiger partial charge in [-0.15, -0.1) is 0 Å². The Bertz CT molecular complexity index is 616. The minimum absolute atomic E-state index is 0.122. The van der Waals surface area contributed by atoms with E-state index in [4.69, 9.17) is 23.2 Å². The van der Waals surface area contributed by atoms with Crippen molar-refractivity contribution in [2.75, 3.05) is 5.43 Å². The number of para-hydroxylation sites is 1. The summed E-state index contributed by atoms with van der Waals surface area (Å²) in [6.07, 6.45) is -4.54. The van der Waals surface area contributed by atoms with E-state index in [1.165, 1.54) is 6.07 Å². The zero-order valence-electron chi connectivity index (χ0n) is 10.6. The molecule has 0 saturated heterocycles. The lowest BCUT2D eigenvalue weighted by Gasteiger charge is -2.13. The molecule has 0 aliphatic rings. The normalized spacial score (nSPS) is 11.5. The molecule has 0 saturated carbocycles. The topological polar surface area (TPSA) is 24.1 Å². The van der Waals surface area contributed by atoms with Crippen molar-refractivity contribution >= 4 is 28.9 Å². The van der Waals surface area contributed by atoms with Crippen LogP contribution in [0.3, 0.4) is 0 Å². The van der Waals surface area contributed by atoms with Crippen molar-refractivity contribution in [1.29, 1.82) is 0 Å². The van der Waals surface area contributed by atoms with Crippen LogP contribution in [-0.4, -0.2) is 0 Å². The molecule has 112 valence electrons. The molecule has 0 spiro atoms. The van der Waals surface area contributed by atoms with E-state index in [9.17, 15) is 13.2 Å². The number of benzene rings is 2. The van der Waals surface area contributed by atoms with Gasteiger partial charge in [0.15, 0.2) is 0 Å². The summed E-state index contributed by atoms with van der Waals surface area (Å²) in [5.74, 6) is 0. The van der Waals surface area contributed by atoms with Crippen LogP contribution in [0.1, 0.15) is 11.1 Å². The van der Waals surface area contributed by atoms with Gasteiger partial charge in [-0.05, 0) is 29.8 Å². The summed E-state index contributed by atoms with van der Waals surface area (Å²) in [6.45, 7) is 0.162. The molecule has 0 aromatic heterocycles. The third-order valence-electron chi connectivity index (χ3n) is 2.69. The molecule has 0 heterocycles. The van der Waals surface area contributed by atoms with E-state index >= 15 is 0 Å². The highest BCUT2D eigenvalue weighted by Crippen LogP contribution is 2.38. The van der Waals surface area contributed by atoms with Crippen molar-refractivity contribution in [3.05, 3.63) is 63.6 Å². The van der Waals surface area contributed by atoms with Gasteiger partial charge < -0.3 is 5.43 Å². The molecule has 0 aliphatic carbocycles. The van der Waals surface area contributed by atoms with Crippen LogP contribution in [0.25, 0.3) is 0 Å². The number of rotatable bonds is 4. The molecule has 2 N–H and O–H groups in total. The van der Waals surface area contributed by atoms with Crippen molar-refractivity contribution < 1.29 is 13.2 Å². The van der Waals surface area contributed by atoms with Crippen LogP contribution in [0.5, 0.6) is 0 Å². The van der Waals surface area contributed by atoms with Crippen LogP contribution in [-0.2, 0) is 12.7 Å². The summed E-state index contributed by atoms with van der Waals surface area (Å²) in [5.41, 5.74) is 5.94. The summed E-state index contributed by atoms with van der Waals surface area (Å²) in [4.78, 5) is 0. The van der Waals surface area contributed by atoms with Gasteiger partial charge in [0, 0.05) is 12.2 Å². The number of nitrogens with one attached hydrogen (secondary N) is 2. The summed E-state index contributed by atoms with van der Waals surface area (Å²) in [5, 5.41) is -0.605. The molecule has 21 heavy (non-hydrogen) atoms. The number of alkyl halides is 3. The SMILES string of the molecule is FC(F)(F)c1cc(CNNc2ccccc2)cc(Cl)c1Cl. The lowest BCUT2D eigenvalue weighted by molar-refractivity contribution is -0.137. The molecule has 2 nitrogen and oxygen atoms in total. The summed E-state index contributed by atoms with van der Waals surface area (Å²) < 4.78 is 38.5. The lowest BCUT2D eigenvalue weighted by Crippen LogP contribution is -2.21. The van der Waals surface area contributed by atoms with Gasteiger partial charge in [-0.2, -0.15) is 13.2 Å². The fraction of sp³-hybridized carbons (Fsp3) is 0.143. The Hall–Kier alpha value is -1.43. The first-order valence-corrected chi connectivity index (χ1v) is 6.72. The first kappa shape index (κ1) is 15.9. The first-order valence-electron chi connectivity index (χ1n) is 5.97. The van der Waals surface area contributed by atoms with E-state index in [1.54, 1.807) is 0 Å². The maximum atomic E-state index is 12.8. The number of hydrogen-bond donors (Lipinski definition) is 2. The Balaban J connectivity index is 2.09. The monoisotopic (exact) mass is 334 g/mol. The third kappa shape index (κ3) is 4.27. The first-order chi connectivity index (χ1) is 9.88. The molecule has 2 aromatic carbocycles. The van der Waals surface area contributed by atoms with E-state index in [-0.39, 0.29) is 11.6 Å². The molecule has 2 rings (SSSR count). The number of anilines is 1. The largest absolute Gasteiger partial charge is 0.417 e. The van der Waals surface area contributed by atoms with E-state index in [0.29, 0.717) is 5.56 Å². The number of halogens is 5. The lowest BCUT2D eigenvalue weighted by atomic mass is 10.1. The molecular weight excluding hydrogens is 324 g/mol. The highest BCUT2D eigenvalue weighted by molar-refractivity contribution is 6.42. The van der Waals surface area contributed by atoms with Gasteiger partial charge in [-0.1, -0.05) is 41.4 Å².